The van der Waals surface area contributed by atoms with E-state index in [1.165, 1.54) is 35.6 Å². The number of thiophene rings is 2. The summed E-state index contributed by atoms with van der Waals surface area (Å²) in [7, 11) is 0. The van der Waals surface area contributed by atoms with Gasteiger partial charge in [-0.05, 0) is 87.9 Å². The van der Waals surface area contributed by atoms with Gasteiger partial charge in [0.25, 0.3) is 5.91 Å². The lowest BCUT2D eigenvalue weighted by atomic mass is 9.82. The second-order valence-electron chi connectivity index (χ2n) is 9.51. The number of hydrogen-bond acceptors (Lipinski definition) is 5. The van der Waals surface area contributed by atoms with Gasteiger partial charge in [0.1, 0.15) is 10.7 Å². The molecule has 6 nitrogen and oxygen atoms in total. The Balaban J connectivity index is 1.59. The van der Waals surface area contributed by atoms with Crippen molar-refractivity contribution >= 4 is 51.1 Å². The highest BCUT2D eigenvalue weighted by molar-refractivity contribution is 7.25. The molecule has 4 rings (SSSR count). The Kier molecular flexibility index (Phi) is 7.90. The maximum absolute atomic E-state index is 13.5. The van der Waals surface area contributed by atoms with Gasteiger partial charge in [-0.15, -0.1) is 22.7 Å². The van der Waals surface area contributed by atoms with Gasteiger partial charge in [-0.2, -0.15) is 0 Å². The van der Waals surface area contributed by atoms with Gasteiger partial charge < -0.3 is 15.3 Å². The largest absolute Gasteiger partial charge is 0.477 e. The van der Waals surface area contributed by atoms with Gasteiger partial charge >= 0.3 is 5.97 Å². The average Bonchev–Trinajstić information content (AvgIpc) is 3.47. The molecule has 0 unspecified atom stereocenters. The Morgan fingerprint density at radius 3 is 2.28 bits per heavy atom. The molecule has 1 aromatic carbocycles. The number of nitrogens with zero attached hydrogens (tertiary/aromatic N) is 1. The summed E-state index contributed by atoms with van der Waals surface area (Å²) in [6.45, 7) is 6.01. The first-order valence-electron chi connectivity index (χ1n) is 12.0. The summed E-state index contributed by atoms with van der Waals surface area (Å²) < 4.78 is 13.1. The van der Waals surface area contributed by atoms with Gasteiger partial charge in [-0.25, -0.2) is 9.18 Å². The van der Waals surface area contributed by atoms with E-state index in [-0.39, 0.29) is 28.7 Å². The van der Waals surface area contributed by atoms with Crippen LogP contribution in [0.2, 0.25) is 0 Å². The van der Waals surface area contributed by atoms with Crippen LogP contribution >= 0.6 is 22.7 Å². The third kappa shape index (κ3) is 5.68. The van der Waals surface area contributed by atoms with Crippen molar-refractivity contribution < 1.29 is 23.9 Å². The number of benzene rings is 1. The summed E-state index contributed by atoms with van der Waals surface area (Å²) in [5, 5.41) is 13.3. The van der Waals surface area contributed by atoms with Crippen LogP contribution in [0.5, 0.6) is 0 Å². The van der Waals surface area contributed by atoms with E-state index in [1.807, 2.05) is 19.9 Å². The summed E-state index contributed by atoms with van der Waals surface area (Å²) in [5.74, 6) is -1.34. The number of halogens is 1. The number of amides is 2. The van der Waals surface area contributed by atoms with E-state index in [0.717, 1.165) is 41.9 Å². The van der Waals surface area contributed by atoms with E-state index < -0.39 is 11.8 Å². The fourth-order valence-corrected chi connectivity index (χ4v) is 6.48. The van der Waals surface area contributed by atoms with Crippen LogP contribution in [0, 0.1) is 17.7 Å². The Hall–Kier alpha value is -3.04. The van der Waals surface area contributed by atoms with Gasteiger partial charge in [-0.1, -0.05) is 6.92 Å². The number of carbonyl (C=O) groups excluding carboxylic acids is 2. The average molecular weight is 529 g/mol. The zero-order valence-electron chi connectivity index (χ0n) is 20.4. The van der Waals surface area contributed by atoms with Crippen molar-refractivity contribution in [2.45, 2.75) is 52.5 Å². The number of hydrogen-bond donors (Lipinski definition) is 2. The van der Waals surface area contributed by atoms with Crippen LogP contribution in [0.3, 0.4) is 0 Å². The number of nitrogens with one attached hydrogen (secondary N) is 1. The summed E-state index contributed by atoms with van der Waals surface area (Å²) in [4.78, 5) is 41.4. The van der Waals surface area contributed by atoms with Crippen LogP contribution in [-0.4, -0.2) is 28.9 Å². The molecule has 2 N–H and O–H groups in total. The molecule has 2 aromatic heterocycles. The minimum atomic E-state index is -1.07. The molecule has 3 aromatic rings. The highest BCUT2D eigenvalue weighted by atomic mass is 32.1. The van der Waals surface area contributed by atoms with Crippen molar-refractivity contribution in [3.63, 3.8) is 0 Å². The monoisotopic (exact) mass is 528 g/mol. The summed E-state index contributed by atoms with van der Waals surface area (Å²) in [5.41, 5.74) is 0.757. The normalized spacial score (nSPS) is 17.7. The predicted octanol–water partition coefficient (Wildman–Crippen LogP) is 7.13. The molecular formula is C27H29FN2O4S2. The van der Waals surface area contributed by atoms with Gasteiger partial charge in [0, 0.05) is 27.3 Å². The van der Waals surface area contributed by atoms with Crippen LogP contribution in [-0.2, 0) is 4.79 Å². The molecule has 0 saturated heterocycles. The van der Waals surface area contributed by atoms with Gasteiger partial charge in [0.05, 0.1) is 10.7 Å². The second kappa shape index (κ2) is 10.9. The van der Waals surface area contributed by atoms with E-state index in [0.29, 0.717) is 27.0 Å². The molecule has 36 heavy (non-hydrogen) atoms. The third-order valence-corrected chi connectivity index (χ3v) is 8.79. The lowest BCUT2D eigenvalue weighted by Crippen LogP contribution is -2.42. The highest BCUT2D eigenvalue weighted by Crippen LogP contribution is 2.42. The maximum Gasteiger partial charge on any atom is 0.348 e. The molecule has 9 heteroatoms. The molecule has 0 atom stereocenters. The van der Waals surface area contributed by atoms with Crippen molar-refractivity contribution in [1.82, 2.24) is 0 Å². The molecular weight excluding hydrogens is 499 g/mol. The Morgan fingerprint density at radius 1 is 1.00 bits per heavy atom. The first-order chi connectivity index (χ1) is 17.1. The minimum absolute atomic E-state index is 0.0119. The second-order valence-corrected chi connectivity index (χ2v) is 11.6. The topological polar surface area (TPSA) is 86.7 Å². The van der Waals surface area contributed by atoms with Crippen LogP contribution in [0.25, 0.3) is 9.75 Å². The SMILES string of the molecule is CC1CCC(C(=O)N(c2cc(-c3ccc(NC(=O)c4ccc(F)cc4)s3)sc2C(=O)O)C(C)C)CC1. The summed E-state index contributed by atoms with van der Waals surface area (Å²) >= 11 is 2.43. The predicted molar refractivity (Wildman–Crippen MR) is 143 cm³/mol. The number of aromatic carboxylic acids is 1. The van der Waals surface area contributed by atoms with Crippen molar-refractivity contribution in [3.05, 3.63) is 58.7 Å². The molecule has 0 radical (unpaired) electrons. The first-order valence-corrected chi connectivity index (χ1v) is 13.6. The lowest BCUT2D eigenvalue weighted by Gasteiger charge is -2.33. The van der Waals surface area contributed by atoms with Crippen LogP contribution in [0.4, 0.5) is 15.1 Å². The number of anilines is 2. The molecule has 1 aliphatic rings. The Morgan fingerprint density at radius 2 is 1.67 bits per heavy atom. The Bertz CT molecular complexity index is 1260. The summed E-state index contributed by atoms with van der Waals surface area (Å²) in [6, 6.07) is 10.4. The molecule has 0 bridgehead atoms. The highest BCUT2D eigenvalue weighted by Gasteiger charge is 2.33. The minimum Gasteiger partial charge on any atom is -0.477 e. The molecule has 0 spiro atoms. The number of carbonyl (C=O) groups is 3. The molecule has 2 heterocycles. The zero-order valence-corrected chi connectivity index (χ0v) is 22.0. The zero-order chi connectivity index (χ0) is 26.0. The van der Waals surface area contributed by atoms with Crippen molar-refractivity contribution in [3.8, 4) is 9.75 Å². The molecule has 1 saturated carbocycles. The van der Waals surface area contributed by atoms with E-state index in [2.05, 4.69) is 12.2 Å². The van der Waals surface area contributed by atoms with E-state index in [9.17, 15) is 23.9 Å². The molecule has 2 amide bonds. The molecule has 0 aliphatic heterocycles. The smallest absolute Gasteiger partial charge is 0.348 e. The van der Waals surface area contributed by atoms with Crippen molar-refractivity contribution in [1.29, 1.82) is 0 Å². The summed E-state index contributed by atoms with van der Waals surface area (Å²) in [6.07, 6.45) is 3.66. The quantitative estimate of drug-likeness (QED) is 0.341. The van der Waals surface area contributed by atoms with Crippen LogP contribution < -0.4 is 10.2 Å². The number of rotatable bonds is 7. The lowest BCUT2D eigenvalue weighted by molar-refractivity contribution is -0.123. The number of carboxylic acids is 1. The first kappa shape index (κ1) is 26.0. The fourth-order valence-electron chi connectivity index (χ4n) is 4.51. The van der Waals surface area contributed by atoms with E-state index >= 15 is 0 Å². The van der Waals surface area contributed by atoms with Crippen LogP contribution in [0.1, 0.15) is 66.5 Å². The van der Waals surface area contributed by atoms with Gasteiger partial charge in [0.2, 0.25) is 5.91 Å². The molecule has 1 fully saturated rings. The van der Waals surface area contributed by atoms with E-state index in [4.69, 9.17) is 0 Å². The van der Waals surface area contributed by atoms with Crippen LogP contribution in [0.15, 0.2) is 42.5 Å². The van der Waals surface area contributed by atoms with Crippen molar-refractivity contribution in [2.24, 2.45) is 11.8 Å². The Labute approximate surface area is 217 Å². The van der Waals surface area contributed by atoms with Gasteiger partial charge in [-0.3, -0.25) is 9.59 Å². The van der Waals surface area contributed by atoms with E-state index in [1.54, 1.807) is 17.0 Å². The maximum atomic E-state index is 13.5. The standard InChI is InChI=1S/C27H29FN2O4S2/c1-15(2)30(26(32)18-6-4-16(3)5-7-18)20-14-22(36-24(20)27(33)34)21-12-13-23(35-21)29-25(31)17-8-10-19(28)11-9-17/h8-16,18H,4-7H2,1-3H3,(H,29,31)(H,33,34). The molecule has 190 valence electrons. The third-order valence-electron chi connectivity index (χ3n) is 6.48. The molecule has 1 aliphatic carbocycles. The fraction of sp³-hybridized carbons (Fsp3) is 0.370. The number of carboxylic acid groups (broad SMARTS) is 1. The van der Waals surface area contributed by atoms with Crippen molar-refractivity contribution in [2.75, 3.05) is 10.2 Å². The van der Waals surface area contributed by atoms with Gasteiger partial charge in [0.15, 0.2) is 0 Å².